The van der Waals surface area contributed by atoms with Crippen LogP contribution in [0.1, 0.15) is 12.5 Å². The van der Waals surface area contributed by atoms with Crippen LogP contribution in [0.15, 0.2) is 43.0 Å². The Labute approximate surface area is 139 Å². The molecule has 4 heteroatoms. The van der Waals surface area contributed by atoms with Gasteiger partial charge in [0.05, 0.1) is 6.61 Å². The molecule has 0 bridgehead atoms. The van der Waals surface area contributed by atoms with E-state index in [4.69, 9.17) is 0 Å². The van der Waals surface area contributed by atoms with Crippen LogP contribution < -0.4 is 0 Å². The second-order valence-electron chi connectivity index (χ2n) is 2.68. The zero-order chi connectivity index (χ0) is 11.5. The summed E-state index contributed by atoms with van der Waals surface area (Å²) in [5.41, 5.74) is 1.33. The van der Waals surface area contributed by atoms with E-state index >= 15 is 0 Å². The Balaban J connectivity index is 0. The topological polar surface area (TPSA) is 9.23 Å². The number of hydrogen-bond acceptors (Lipinski definition) is 2. The number of benzene rings is 1. The molecule has 0 fully saturated rings. The standard InChI is InChI=1S/C9H10.C3H6OS2.Ca.2H/c1-2-6-9-7-4-3-5-8-9;1-2-4-3(5)6;;;/h2-5,7-8H,1,6H2;2H2,1H3,(H,5,6);;;. The second-order valence-corrected chi connectivity index (χ2v) is 3.76. The Morgan fingerprint density at radius 2 is 2.00 bits per heavy atom. The van der Waals surface area contributed by atoms with Gasteiger partial charge in [-0.1, -0.05) is 49.0 Å². The summed E-state index contributed by atoms with van der Waals surface area (Å²) in [5.74, 6) is 0. The van der Waals surface area contributed by atoms with Gasteiger partial charge in [0, 0.05) is 0 Å². The summed E-state index contributed by atoms with van der Waals surface area (Å²) in [4.78, 5) is 0. The van der Waals surface area contributed by atoms with E-state index in [0.717, 1.165) is 6.42 Å². The fraction of sp³-hybridized carbons (Fsp3) is 0.250. The first kappa shape index (κ1) is 18.8. The molecule has 16 heavy (non-hydrogen) atoms. The first-order valence-corrected chi connectivity index (χ1v) is 5.56. The van der Waals surface area contributed by atoms with E-state index in [1.54, 1.807) is 0 Å². The quantitative estimate of drug-likeness (QED) is 0.395. The number of rotatable bonds is 3. The van der Waals surface area contributed by atoms with Crippen molar-refractivity contribution in [1.82, 2.24) is 0 Å². The van der Waals surface area contributed by atoms with Gasteiger partial charge in [-0.3, -0.25) is 0 Å². The molecule has 1 aromatic carbocycles. The molecule has 0 spiro atoms. The van der Waals surface area contributed by atoms with Crippen molar-refractivity contribution in [3.8, 4) is 0 Å². The molecule has 0 aliphatic heterocycles. The molecule has 0 unspecified atom stereocenters. The van der Waals surface area contributed by atoms with Crippen molar-refractivity contribution in [3.63, 3.8) is 0 Å². The van der Waals surface area contributed by atoms with Crippen LogP contribution in [0.5, 0.6) is 0 Å². The number of allylic oxidation sites excluding steroid dienone is 1. The molecule has 1 rings (SSSR count). The third-order valence-electron chi connectivity index (χ3n) is 1.49. The van der Waals surface area contributed by atoms with Crippen molar-refractivity contribution in [2.75, 3.05) is 6.61 Å². The van der Waals surface area contributed by atoms with Crippen molar-refractivity contribution in [2.24, 2.45) is 0 Å². The van der Waals surface area contributed by atoms with Crippen molar-refractivity contribution in [3.05, 3.63) is 48.6 Å². The molecule has 0 amide bonds. The molecular weight excluding hydrogens is 264 g/mol. The van der Waals surface area contributed by atoms with Gasteiger partial charge in [0.25, 0.3) is 0 Å². The molecule has 0 N–H and O–H groups in total. The molecule has 0 heterocycles. The SMILES string of the molecule is C=CCc1ccccc1.CCOC(=S)S.[CaH2]. The zero-order valence-electron chi connectivity index (χ0n) is 8.85. The summed E-state index contributed by atoms with van der Waals surface area (Å²) < 4.78 is 4.95. The molecule has 0 saturated carbocycles. The minimum atomic E-state index is 0. The van der Waals surface area contributed by atoms with Crippen LogP contribution in [0, 0.1) is 0 Å². The van der Waals surface area contributed by atoms with E-state index in [2.05, 4.69) is 48.3 Å². The van der Waals surface area contributed by atoms with Gasteiger partial charge in [0.2, 0.25) is 4.38 Å². The maximum atomic E-state index is 4.64. The van der Waals surface area contributed by atoms with Crippen LogP contribution in [0.3, 0.4) is 0 Å². The minimum absolute atomic E-state index is 0. The van der Waals surface area contributed by atoms with Crippen LogP contribution in [0.2, 0.25) is 0 Å². The average molecular weight is 282 g/mol. The first-order valence-electron chi connectivity index (χ1n) is 4.71. The summed E-state index contributed by atoms with van der Waals surface area (Å²) in [5, 5.41) is 0. The molecule has 0 atom stereocenters. The van der Waals surface area contributed by atoms with Crippen molar-refractivity contribution < 1.29 is 4.74 Å². The van der Waals surface area contributed by atoms with E-state index in [9.17, 15) is 0 Å². The van der Waals surface area contributed by atoms with Gasteiger partial charge in [-0.15, -0.1) is 6.58 Å². The summed E-state index contributed by atoms with van der Waals surface area (Å²) in [6, 6.07) is 10.3. The van der Waals surface area contributed by atoms with Gasteiger partial charge < -0.3 is 4.74 Å². The first-order chi connectivity index (χ1) is 7.20. The van der Waals surface area contributed by atoms with Gasteiger partial charge in [-0.05, 0) is 31.1 Å². The molecule has 0 aromatic heterocycles. The summed E-state index contributed by atoms with van der Waals surface area (Å²) in [6.07, 6.45) is 2.89. The Hall–Kier alpha value is 0.460. The number of ether oxygens (including phenoxy) is 1. The normalized spacial score (nSPS) is 7.88. The molecule has 1 aromatic rings. The Morgan fingerprint density at radius 3 is 2.31 bits per heavy atom. The van der Waals surface area contributed by atoms with Crippen LogP contribution in [-0.4, -0.2) is 48.7 Å². The van der Waals surface area contributed by atoms with Gasteiger partial charge in [-0.2, -0.15) is 0 Å². The van der Waals surface area contributed by atoms with Crippen LogP contribution in [-0.2, 0) is 11.2 Å². The molecular formula is C12H18CaOS2. The number of thiocarbonyl (C=S) groups is 1. The van der Waals surface area contributed by atoms with Crippen LogP contribution in [0.25, 0.3) is 0 Å². The summed E-state index contributed by atoms with van der Waals surface area (Å²) in [6.45, 7) is 6.13. The summed E-state index contributed by atoms with van der Waals surface area (Å²) >= 11 is 8.12. The third kappa shape index (κ3) is 12.5. The van der Waals surface area contributed by atoms with Gasteiger partial charge in [0.1, 0.15) is 0 Å². The maximum absolute atomic E-state index is 4.64. The predicted molar refractivity (Wildman–Crippen MR) is 82.1 cm³/mol. The van der Waals surface area contributed by atoms with Crippen molar-refractivity contribution >= 4 is 67.0 Å². The third-order valence-corrected chi connectivity index (χ3v) is 1.74. The van der Waals surface area contributed by atoms with Crippen molar-refractivity contribution in [2.45, 2.75) is 13.3 Å². The average Bonchev–Trinajstić information content (AvgIpc) is 2.20. The van der Waals surface area contributed by atoms with E-state index in [1.165, 1.54) is 5.56 Å². The summed E-state index contributed by atoms with van der Waals surface area (Å²) in [7, 11) is 0. The second kappa shape index (κ2) is 13.5. The Kier molecular flexibility index (Phi) is 15.9. The predicted octanol–water partition coefficient (Wildman–Crippen LogP) is 2.74. The molecule has 0 saturated heterocycles. The molecule has 1 nitrogen and oxygen atoms in total. The van der Waals surface area contributed by atoms with E-state index in [1.807, 2.05) is 31.2 Å². The van der Waals surface area contributed by atoms with Crippen LogP contribution >= 0.6 is 24.8 Å². The fourth-order valence-electron chi connectivity index (χ4n) is 0.904. The van der Waals surface area contributed by atoms with Crippen LogP contribution in [0.4, 0.5) is 0 Å². The van der Waals surface area contributed by atoms with Gasteiger partial charge in [0.15, 0.2) is 0 Å². The molecule has 0 aliphatic rings. The molecule has 0 aliphatic carbocycles. The monoisotopic (exact) mass is 282 g/mol. The zero-order valence-corrected chi connectivity index (χ0v) is 10.6. The number of hydrogen-bond donors (Lipinski definition) is 1. The van der Waals surface area contributed by atoms with Gasteiger partial charge >= 0.3 is 37.7 Å². The van der Waals surface area contributed by atoms with E-state index < -0.39 is 0 Å². The number of thiol groups is 1. The van der Waals surface area contributed by atoms with Crippen molar-refractivity contribution in [1.29, 1.82) is 0 Å². The fourth-order valence-corrected chi connectivity index (χ4v) is 1.15. The molecule has 0 radical (unpaired) electrons. The van der Waals surface area contributed by atoms with Gasteiger partial charge in [-0.25, -0.2) is 0 Å². The van der Waals surface area contributed by atoms with E-state index in [0.29, 0.717) is 11.0 Å². The Bertz CT molecular complexity index is 288. The molecule has 86 valence electrons. The van der Waals surface area contributed by atoms with E-state index in [-0.39, 0.29) is 37.7 Å². The Morgan fingerprint density at radius 1 is 1.44 bits per heavy atom.